The molecule has 3 heteroatoms. The molecule has 0 bridgehead atoms. The van der Waals surface area contributed by atoms with E-state index in [2.05, 4.69) is 22.1 Å². The first-order valence-corrected chi connectivity index (χ1v) is 3.56. The second-order valence-corrected chi connectivity index (χ2v) is 2.84. The first-order chi connectivity index (χ1) is 4.86. The molecule has 2 rings (SSSR count). The molecule has 1 aliphatic heterocycles. The van der Waals surface area contributed by atoms with Crippen molar-refractivity contribution >= 4 is 0 Å². The second kappa shape index (κ2) is 2.09. The van der Waals surface area contributed by atoms with Gasteiger partial charge in [0.25, 0.3) is 0 Å². The number of aromatic nitrogens is 2. The molecule has 2 heterocycles. The van der Waals surface area contributed by atoms with E-state index < -0.39 is 0 Å². The van der Waals surface area contributed by atoms with Crippen molar-refractivity contribution in [2.45, 2.75) is 13.0 Å². The number of nitrogens with zero attached hydrogens (tertiary/aromatic N) is 2. The first-order valence-electron chi connectivity index (χ1n) is 3.56. The second-order valence-electron chi connectivity index (χ2n) is 2.84. The van der Waals surface area contributed by atoms with Gasteiger partial charge >= 0.3 is 0 Å². The van der Waals surface area contributed by atoms with Crippen LogP contribution in [-0.4, -0.2) is 28.7 Å². The van der Waals surface area contributed by atoms with E-state index in [1.54, 1.807) is 0 Å². The Morgan fingerprint density at radius 3 is 3.50 bits per heavy atom. The first kappa shape index (κ1) is 5.92. The molecule has 0 amide bonds. The van der Waals surface area contributed by atoms with Gasteiger partial charge in [0.1, 0.15) is 0 Å². The third kappa shape index (κ3) is 0.827. The lowest BCUT2D eigenvalue weighted by atomic mass is 10.1. The highest BCUT2D eigenvalue weighted by atomic mass is 15.2. The van der Waals surface area contributed by atoms with Gasteiger partial charge in [0.15, 0.2) is 0 Å². The van der Waals surface area contributed by atoms with Crippen LogP contribution in [0.15, 0.2) is 6.20 Å². The molecular weight excluding hydrogens is 126 g/mol. The van der Waals surface area contributed by atoms with Crippen LogP contribution in [0.25, 0.3) is 0 Å². The Morgan fingerprint density at radius 2 is 2.60 bits per heavy atom. The predicted molar refractivity (Wildman–Crippen MR) is 38.6 cm³/mol. The van der Waals surface area contributed by atoms with E-state index in [0.717, 1.165) is 19.5 Å². The smallest absolute Gasteiger partial charge is 0.0794 e. The Balaban J connectivity index is 2.30. The quantitative estimate of drug-likeness (QED) is 0.561. The number of H-pyrrole nitrogens is 1. The fourth-order valence-corrected chi connectivity index (χ4v) is 1.34. The van der Waals surface area contributed by atoms with Gasteiger partial charge in [0.2, 0.25) is 0 Å². The molecule has 0 saturated heterocycles. The van der Waals surface area contributed by atoms with Gasteiger partial charge in [0, 0.05) is 19.3 Å². The van der Waals surface area contributed by atoms with Crippen LogP contribution in [-0.2, 0) is 13.0 Å². The number of fused-ring (bicyclic) bond motifs is 1. The van der Waals surface area contributed by atoms with Gasteiger partial charge in [-0.1, -0.05) is 0 Å². The minimum absolute atomic E-state index is 0.999. The Bertz CT molecular complexity index is 229. The van der Waals surface area contributed by atoms with Crippen molar-refractivity contribution in [3.8, 4) is 0 Å². The van der Waals surface area contributed by atoms with E-state index in [1.165, 1.54) is 11.3 Å². The van der Waals surface area contributed by atoms with E-state index in [0.29, 0.717) is 0 Å². The molecule has 0 aromatic carbocycles. The summed E-state index contributed by atoms with van der Waals surface area (Å²) in [5.74, 6) is 0. The van der Waals surface area contributed by atoms with Crippen LogP contribution in [0, 0.1) is 0 Å². The van der Waals surface area contributed by atoms with E-state index >= 15 is 0 Å². The lowest BCUT2D eigenvalue weighted by molar-refractivity contribution is 0.309. The third-order valence-electron chi connectivity index (χ3n) is 1.99. The molecule has 1 aliphatic rings. The maximum atomic E-state index is 4.14. The molecular formula is C7H11N3. The van der Waals surface area contributed by atoms with Gasteiger partial charge in [-0.25, -0.2) is 0 Å². The van der Waals surface area contributed by atoms with Crippen molar-refractivity contribution in [3.05, 3.63) is 17.5 Å². The molecule has 0 atom stereocenters. The van der Waals surface area contributed by atoms with Crippen LogP contribution in [0.4, 0.5) is 0 Å². The fourth-order valence-electron chi connectivity index (χ4n) is 1.34. The van der Waals surface area contributed by atoms with E-state index in [1.807, 2.05) is 6.20 Å². The molecule has 0 aliphatic carbocycles. The topological polar surface area (TPSA) is 31.9 Å². The van der Waals surface area contributed by atoms with Gasteiger partial charge in [-0.15, -0.1) is 0 Å². The van der Waals surface area contributed by atoms with Gasteiger partial charge in [0.05, 0.1) is 5.69 Å². The number of nitrogens with one attached hydrogen (secondary N) is 1. The molecule has 0 saturated carbocycles. The van der Waals surface area contributed by atoms with E-state index in [9.17, 15) is 0 Å². The Morgan fingerprint density at radius 1 is 1.70 bits per heavy atom. The van der Waals surface area contributed by atoms with Crippen LogP contribution >= 0.6 is 0 Å². The fraction of sp³-hybridized carbons (Fsp3) is 0.571. The van der Waals surface area contributed by atoms with Crippen LogP contribution < -0.4 is 0 Å². The van der Waals surface area contributed by atoms with Gasteiger partial charge in [-0.2, -0.15) is 5.10 Å². The molecule has 0 unspecified atom stereocenters. The number of hydrogen-bond acceptors (Lipinski definition) is 2. The van der Waals surface area contributed by atoms with Crippen molar-refractivity contribution in [1.29, 1.82) is 0 Å². The molecule has 1 aromatic heterocycles. The third-order valence-corrected chi connectivity index (χ3v) is 1.99. The highest BCUT2D eigenvalue weighted by Crippen LogP contribution is 2.13. The predicted octanol–water partition coefficient (Wildman–Crippen LogP) is 0.398. The highest BCUT2D eigenvalue weighted by Gasteiger charge is 2.13. The number of likely N-dealkylation sites (N-methyl/N-ethyl adjacent to an activating group) is 1. The van der Waals surface area contributed by atoms with Crippen molar-refractivity contribution in [2.24, 2.45) is 0 Å². The molecule has 0 spiro atoms. The molecule has 3 nitrogen and oxygen atoms in total. The largest absolute Gasteiger partial charge is 0.300 e. The molecule has 1 N–H and O–H groups in total. The van der Waals surface area contributed by atoms with Crippen molar-refractivity contribution in [1.82, 2.24) is 15.1 Å². The zero-order valence-corrected chi connectivity index (χ0v) is 6.09. The molecule has 1 aromatic rings. The Hall–Kier alpha value is -0.830. The normalized spacial score (nSPS) is 18.9. The minimum Gasteiger partial charge on any atom is -0.300 e. The number of hydrogen-bond donors (Lipinski definition) is 1. The van der Waals surface area contributed by atoms with Crippen LogP contribution in [0.1, 0.15) is 11.3 Å². The molecule has 54 valence electrons. The van der Waals surface area contributed by atoms with Crippen molar-refractivity contribution in [3.63, 3.8) is 0 Å². The summed E-state index contributed by atoms with van der Waals surface area (Å²) in [4.78, 5) is 2.28. The minimum atomic E-state index is 0.999. The van der Waals surface area contributed by atoms with Crippen molar-refractivity contribution < 1.29 is 0 Å². The van der Waals surface area contributed by atoms with Crippen LogP contribution in [0.3, 0.4) is 0 Å². The number of aromatic amines is 1. The zero-order chi connectivity index (χ0) is 6.97. The summed E-state index contributed by atoms with van der Waals surface area (Å²) in [7, 11) is 2.12. The number of rotatable bonds is 0. The lowest BCUT2D eigenvalue weighted by Gasteiger charge is -2.20. The maximum Gasteiger partial charge on any atom is 0.0794 e. The average Bonchev–Trinajstić information content (AvgIpc) is 2.33. The SMILES string of the molecule is CN1CCc2c[nH]nc2C1. The lowest BCUT2D eigenvalue weighted by Crippen LogP contribution is -2.25. The van der Waals surface area contributed by atoms with Crippen molar-refractivity contribution in [2.75, 3.05) is 13.6 Å². The summed E-state index contributed by atoms with van der Waals surface area (Å²) < 4.78 is 0. The molecule has 0 fully saturated rings. The average molecular weight is 137 g/mol. The summed E-state index contributed by atoms with van der Waals surface area (Å²) in [6, 6.07) is 0. The van der Waals surface area contributed by atoms with Gasteiger partial charge in [-0.3, -0.25) is 5.10 Å². The summed E-state index contributed by atoms with van der Waals surface area (Å²) in [5, 5.41) is 7.02. The summed E-state index contributed by atoms with van der Waals surface area (Å²) in [6.45, 7) is 2.16. The standard InChI is InChI=1S/C7H11N3/c1-10-3-2-6-4-8-9-7(6)5-10/h4H,2-3,5H2,1H3,(H,8,9). The van der Waals surface area contributed by atoms with E-state index in [4.69, 9.17) is 0 Å². The van der Waals surface area contributed by atoms with Gasteiger partial charge in [-0.05, 0) is 19.0 Å². The zero-order valence-electron chi connectivity index (χ0n) is 6.09. The van der Waals surface area contributed by atoms with Crippen LogP contribution in [0.2, 0.25) is 0 Å². The summed E-state index contributed by atoms with van der Waals surface area (Å²) in [5.41, 5.74) is 2.60. The molecule has 10 heavy (non-hydrogen) atoms. The highest BCUT2D eigenvalue weighted by molar-refractivity contribution is 5.18. The summed E-state index contributed by atoms with van der Waals surface area (Å²) >= 11 is 0. The van der Waals surface area contributed by atoms with E-state index in [-0.39, 0.29) is 0 Å². The Labute approximate surface area is 60.0 Å². The monoisotopic (exact) mass is 137 g/mol. The Kier molecular flexibility index (Phi) is 1.24. The van der Waals surface area contributed by atoms with Crippen LogP contribution in [0.5, 0.6) is 0 Å². The maximum absolute atomic E-state index is 4.14. The van der Waals surface area contributed by atoms with Gasteiger partial charge < -0.3 is 4.90 Å². The summed E-state index contributed by atoms with van der Waals surface area (Å²) in [6.07, 6.45) is 3.14. The molecule has 0 radical (unpaired) electrons.